The number of nitrogens with zero attached hydrogens (tertiary/aromatic N) is 2. The Hall–Kier alpha value is -2.98. The quantitative estimate of drug-likeness (QED) is 0.532. The number of rotatable bonds is 11. The van der Waals surface area contributed by atoms with E-state index in [1.54, 1.807) is 30.8 Å². The molecule has 9 nitrogen and oxygen atoms in total. The van der Waals surface area contributed by atoms with E-state index in [1.807, 2.05) is 12.1 Å². The molecule has 0 unspecified atom stereocenters. The zero-order valence-electron chi connectivity index (χ0n) is 18.0. The van der Waals surface area contributed by atoms with E-state index >= 15 is 0 Å². The Morgan fingerprint density at radius 2 is 2.03 bits per heavy atom. The normalized spacial score (nSPS) is 15.2. The maximum absolute atomic E-state index is 12.9. The zero-order valence-corrected chi connectivity index (χ0v) is 18.9. The number of carbonyl (C=O) groups is 3. The number of benzene rings is 1. The summed E-state index contributed by atoms with van der Waals surface area (Å²) < 4.78 is 10.7. The largest absolute Gasteiger partial charge is 0.497 e. The van der Waals surface area contributed by atoms with Crippen molar-refractivity contribution in [1.29, 1.82) is 0 Å². The summed E-state index contributed by atoms with van der Waals surface area (Å²) in [7, 11) is 1.58. The first-order valence-electron chi connectivity index (χ1n) is 10.5. The summed E-state index contributed by atoms with van der Waals surface area (Å²) in [5.41, 5.74) is 0.860. The molecule has 172 valence electrons. The van der Waals surface area contributed by atoms with Crippen LogP contribution in [0, 0.1) is 0 Å². The highest BCUT2D eigenvalue weighted by molar-refractivity contribution is 7.13. The number of carbonyl (C=O) groups excluding carboxylic acids is 3. The zero-order chi connectivity index (χ0) is 22.8. The van der Waals surface area contributed by atoms with Crippen LogP contribution in [0.4, 0.5) is 5.13 Å². The number of hydrogen-bond donors (Lipinski definition) is 2. The monoisotopic (exact) mass is 460 g/mol. The van der Waals surface area contributed by atoms with Crippen molar-refractivity contribution in [3.05, 3.63) is 41.4 Å². The number of hydrogen-bond acceptors (Lipinski definition) is 7. The second-order valence-electron chi connectivity index (χ2n) is 7.42. The van der Waals surface area contributed by atoms with Gasteiger partial charge in [0.05, 0.1) is 19.8 Å². The minimum atomic E-state index is -0.291. The summed E-state index contributed by atoms with van der Waals surface area (Å²) in [4.78, 5) is 42.9. The number of amides is 3. The van der Waals surface area contributed by atoms with Gasteiger partial charge in [0.2, 0.25) is 17.7 Å². The molecule has 2 N–H and O–H groups in total. The van der Waals surface area contributed by atoms with Gasteiger partial charge < -0.3 is 25.0 Å². The fourth-order valence-electron chi connectivity index (χ4n) is 3.29. The van der Waals surface area contributed by atoms with Gasteiger partial charge in [-0.25, -0.2) is 4.98 Å². The number of thiazole rings is 1. The summed E-state index contributed by atoms with van der Waals surface area (Å²) >= 11 is 1.31. The van der Waals surface area contributed by atoms with Crippen LogP contribution in [-0.2, 0) is 25.7 Å². The van der Waals surface area contributed by atoms with Crippen LogP contribution in [0.1, 0.15) is 31.2 Å². The number of aromatic nitrogens is 1. The molecule has 0 spiro atoms. The van der Waals surface area contributed by atoms with Crippen LogP contribution >= 0.6 is 11.3 Å². The van der Waals surface area contributed by atoms with E-state index in [4.69, 9.17) is 9.47 Å². The van der Waals surface area contributed by atoms with Crippen LogP contribution in [0.25, 0.3) is 0 Å². The van der Waals surface area contributed by atoms with Gasteiger partial charge in [-0.1, -0.05) is 12.1 Å². The van der Waals surface area contributed by atoms with E-state index in [1.165, 1.54) is 16.2 Å². The van der Waals surface area contributed by atoms with E-state index < -0.39 is 0 Å². The molecule has 32 heavy (non-hydrogen) atoms. The third kappa shape index (κ3) is 7.61. The molecule has 1 aromatic heterocycles. The van der Waals surface area contributed by atoms with E-state index in [0.717, 1.165) is 18.4 Å². The average molecular weight is 461 g/mol. The molecule has 1 fully saturated rings. The molecule has 1 aromatic carbocycles. The van der Waals surface area contributed by atoms with E-state index in [2.05, 4.69) is 15.6 Å². The second-order valence-corrected chi connectivity index (χ2v) is 8.32. The van der Waals surface area contributed by atoms with Crippen molar-refractivity contribution in [2.24, 2.45) is 0 Å². The van der Waals surface area contributed by atoms with Crippen LogP contribution in [0.2, 0.25) is 0 Å². The van der Waals surface area contributed by atoms with Gasteiger partial charge in [-0.3, -0.25) is 14.4 Å². The molecular formula is C22H28N4O5S. The predicted molar refractivity (Wildman–Crippen MR) is 120 cm³/mol. The summed E-state index contributed by atoms with van der Waals surface area (Å²) in [6.45, 7) is 1.31. The van der Waals surface area contributed by atoms with Crippen LogP contribution < -0.4 is 15.4 Å². The maximum Gasteiger partial charge on any atom is 0.239 e. The van der Waals surface area contributed by atoms with Crippen LogP contribution in [-0.4, -0.2) is 60.5 Å². The lowest BCUT2D eigenvalue weighted by Crippen LogP contribution is -2.42. The van der Waals surface area contributed by atoms with Crippen molar-refractivity contribution in [3.63, 3.8) is 0 Å². The Kier molecular flexibility index (Phi) is 9.00. The topological polar surface area (TPSA) is 110 Å². The highest BCUT2D eigenvalue weighted by atomic mass is 32.1. The molecular weight excluding hydrogens is 432 g/mol. The highest BCUT2D eigenvalue weighted by Crippen LogP contribution is 2.15. The number of ether oxygens (including phenoxy) is 2. The first kappa shape index (κ1) is 23.7. The molecule has 1 aliphatic rings. The molecule has 10 heteroatoms. The molecule has 0 aliphatic carbocycles. The SMILES string of the molecule is COc1ccc(CN(CC(=O)NC[C@@H]2CCCO2)C(=O)CCC(=O)Nc2nccs2)cc1. The molecule has 1 saturated heterocycles. The van der Waals surface area contributed by atoms with E-state index in [-0.39, 0.29) is 49.8 Å². The molecule has 1 atom stereocenters. The Bertz CT molecular complexity index is 882. The molecule has 3 rings (SSSR count). The summed E-state index contributed by atoms with van der Waals surface area (Å²) in [5, 5.41) is 7.75. The molecule has 2 aromatic rings. The fourth-order valence-corrected chi connectivity index (χ4v) is 3.84. The van der Waals surface area contributed by atoms with Crippen LogP contribution in [0.5, 0.6) is 5.75 Å². The summed E-state index contributed by atoms with van der Waals surface area (Å²) in [6.07, 6.45) is 3.53. The van der Waals surface area contributed by atoms with Gasteiger partial charge in [-0.2, -0.15) is 0 Å². The standard InChI is InChI=1S/C22H28N4O5S/c1-30-17-6-4-16(5-7-17)14-26(15-20(28)24-13-18-3-2-11-31-18)21(29)9-8-19(27)25-22-23-10-12-32-22/h4-7,10,12,18H,2-3,8-9,11,13-15H2,1H3,(H,24,28)(H,23,25,27)/t18-/m0/s1. The number of anilines is 1. The van der Waals surface area contributed by atoms with Crippen molar-refractivity contribution in [1.82, 2.24) is 15.2 Å². The lowest BCUT2D eigenvalue weighted by molar-refractivity contribution is -0.137. The highest BCUT2D eigenvalue weighted by Gasteiger charge is 2.21. The molecule has 0 radical (unpaired) electrons. The third-order valence-corrected chi connectivity index (χ3v) is 5.70. The predicted octanol–water partition coefficient (Wildman–Crippen LogP) is 2.19. The van der Waals surface area contributed by atoms with Gasteiger partial charge in [0.15, 0.2) is 5.13 Å². The number of nitrogens with one attached hydrogen (secondary N) is 2. The summed E-state index contributed by atoms with van der Waals surface area (Å²) in [5.74, 6) is -0.114. The van der Waals surface area contributed by atoms with Crippen molar-refractivity contribution in [3.8, 4) is 5.75 Å². The molecule has 2 heterocycles. The van der Waals surface area contributed by atoms with Gasteiger partial charge in [0.25, 0.3) is 0 Å². The van der Waals surface area contributed by atoms with Gasteiger partial charge >= 0.3 is 0 Å². The first-order valence-corrected chi connectivity index (χ1v) is 11.4. The smallest absolute Gasteiger partial charge is 0.239 e. The van der Waals surface area contributed by atoms with E-state index in [9.17, 15) is 14.4 Å². The Labute approximate surface area is 191 Å². The Morgan fingerprint density at radius 3 is 2.69 bits per heavy atom. The lowest BCUT2D eigenvalue weighted by Gasteiger charge is -2.23. The molecule has 1 aliphatic heterocycles. The number of methoxy groups -OCH3 is 1. The van der Waals surface area contributed by atoms with Gasteiger partial charge in [-0.15, -0.1) is 11.3 Å². The average Bonchev–Trinajstić information content (AvgIpc) is 3.50. The molecule has 0 bridgehead atoms. The van der Waals surface area contributed by atoms with Crippen molar-refractivity contribution >= 4 is 34.2 Å². The van der Waals surface area contributed by atoms with Crippen LogP contribution in [0.3, 0.4) is 0 Å². The fraction of sp³-hybridized carbons (Fsp3) is 0.455. The minimum absolute atomic E-state index is 0.00756. The maximum atomic E-state index is 12.9. The van der Waals surface area contributed by atoms with Gasteiger partial charge in [-0.05, 0) is 30.5 Å². The van der Waals surface area contributed by atoms with Gasteiger partial charge in [0, 0.05) is 44.1 Å². The Morgan fingerprint density at radius 1 is 1.22 bits per heavy atom. The Balaban J connectivity index is 1.56. The van der Waals surface area contributed by atoms with E-state index in [0.29, 0.717) is 24.0 Å². The van der Waals surface area contributed by atoms with Crippen molar-refractivity contribution < 1.29 is 23.9 Å². The van der Waals surface area contributed by atoms with Crippen LogP contribution in [0.15, 0.2) is 35.8 Å². The lowest BCUT2D eigenvalue weighted by atomic mass is 10.2. The van der Waals surface area contributed by atoms with Gasteiger partial charge in [0.1, 0.15) is 5.75 Å². The molecule has 3 amide bonds. The first-order chi connectivity index (χ1) is 15.5. The second kappa shape index (κ2) is 12.2. The van der Waals surface area contributed by atoms with Crippen molar-refractivity contribution in [2.75, 3.05) is 32.1 Å². The third-order valence-electron chi connectivity index (χ3n) is 5.02. The van der Waals surface area contributed by atoms with Crippen molar-refractivity contribution in [2.45, 2.75) is 38.3 Å². The summed E-state index contributed by atoms with van der Waals surface area (Å²) in [6, 6.07) is 7.30. The minimum Gasteiger partial charge on any atom is -0.497 e. The molecule has 0 saturated carbocycles.